The molecule has 0 amide bonds. The fourth-order valence-electron chi connectivity index (χ4n) is 2.10. The van der Waals surface area contributed by atoms with Crippen LogP contribution in [0.15, 0.2) is 46.0 Å². The summed E-state index contributed by atoms with van der Waals surface area (Å²) in [4.78, 5) is 1.29. The van der Waals surface area contributed by atoms with Gasteiger partial charge in [-0.15, -0.1) is 11.8 Å². The van der Waals surface area contributed by atoms with Crippen molar-refractivity contribution >= 4 is 34.7 Å². The van der Waals surface area contributed by atoms with Crippen molar-refractivity contribution in [2.45, 2.75) is 37.1 Å². The van der Waals surface area contributed by atoms with Crippen molar-refractivity contribution in [3.05, 3.63) is 51.7 Å². The summed E-state index contributed by atoms with van der Waals surface area (Å²) in [5.74, 6) is 1.10. The zero-order valence-corrected chi connectivity index (χ0v) is 14.7. The van der Waals surface area contributed by atoms with Crippen LogP contribution >= 0.6 is 34.7 Å². The van der Waals surface area contributed by atoms with Crippen molar-refractivity contribution in [2.24, 2.45) is 0 Å². The van der Waals surface area contributed by atoms with Gasteiger partial charge in [0, 0.05) is 21.7 Å². The lowest BCUT2D eigenvalue weighted by Gasteiger charge is -2.18. The van der Waals surface area contributed by atoms with Crippen molar-refractivity contribution in [3.8, 4) is 0 Å². The SMILES string of the molecule is CCCNC(CCc1ccsc1)CSc1ccc(Cl)cc1. The largest absolute Gasteiger partial charge is 0.313 e. The van der Waals surface area contributed by atoms with Crippen LogP contribution in [-0.2, 0) is 6.42 Å². The second-order valence-corrected chi connectivity index (χ2v) is 7.40. The topological polar surface area (TPSA) is 12.0 Å². The number of thiophene rings is 1. The van der Waals surface area contributed by atoms with E-state index in [9.17, 15) is 0 Å². The van der Waals surface area contributed by atoms with E-state index < -0.39 is 0 Å². The van der Waals surface area contributed by atoms with E-state index >= 15 is 0 Å². The molecule has 1 nitrogen and oxygen atoms in total. The first-order valence-corrected chi connectivity index (χ1v) is 9.71. The molecule has 1 heterocycles. The van der Waals surface area contributed by atoms with Crippen LogP contribution in [0.5, 0.6) is 0 Å². The fourth-order valence-corrected chi connectivity index (χ4v) is 3.93. The highest BCUT2D eigenvalue weighted by atomic mass is 35.5. The summed E-state index contributed by atoms with van der Waals surface area (Å²) < 4.78 is 0. The standard InChI is InChI=1S/C17H22ClNS2/c1-2-10-19-16(6-3-14-9-11-20-12-14)13-21-17-7-4-15(18)5-8-17/h4-5,7-9,11-12,16,19H,2-3,6,10,13H2,1H3. The molecule has 0 aliphatic heterocycles. The summed E-state index contributed by atoms with van der Waals surface area (Å²) in [6.45, 7) is 3.31. The maximum Gasteiger partial charge on any atom is 0.0406 e. The molecule has 0 saturated carbocycles. The molecular formula is C17H22ClNS2. The Morgan fingerprint density at radius 1 is 1.24 bits per heavy atom. The van der Waals surface area contributed by atoms with Gasteiger partial charge in [0.1, 0.15) is 0 Å². The van der Waals surface area contributed by atoms with Gasteiger partial charge < -0.3 is 5.32 Å². The number of thioether (sulfide) groups is 1. The first kappa shape index (κ1) is 16.9. The van der Waals surface area contributed by atoms with Crippen LogP contribution in [0.4, 0.5) is 0 Å². The molecule has 1 aromatic carbocycles. The maximum absolute atomic E-state index is 5.93. The minimum absolute atomic E-state index is 0.561. The molecule has 1 N–H and O–H groups in total. The molecule has 0 radical (unpaired) electrons. The lowest BCUT2D eigenvalue weighted by molar-refractivity contribution is 0.520. The second kappa shape index (κ2) is 9.52. The van der Waals surface area contributed by atoms with Crippen molar-refractivity contribution in [1.82, 2.24) is 5.32 Å². The Balaban J connectivity index is 1.81. The molecule has 0 aliphatic rings. The Morgan fingerprint density at radius 2 is 2.05 bits per heavy atom. The second-order valence-electron chi connectivity index (χ2n) is 5.09. The summed E-state index contributed by atoms with van der Waals surface area (Å²) in [5.41, 5.74) is 1.46. The number of hydrogen-bond acceptors (Lipinski definition) is 3. The summed E-state index contributed by atoms with van der Waals surface area (Å²) in [6, 6.07) is 10.9. The van der Waals surface area contributed by atoms with Gasteiger partial charge >= 0.3 is 0 Å². The molecule has 1 atom stereocenters. The van der Waals surface area contributed by atoms with Gasteiger partial charge in [0.2, 0.25) is 0 Å². The van der Waals surface area contributed by atoms with Crippen LogP contribution in [0.1, 0.15) is 25.3 Å². The van der Waals surface area contributed by atoms with E-state index in [0.29, 0.717) is 6.04 Å². The van der Waals surface area contributed by atoms with Gasteiger partial charge in [-0.3, -0.25) is 0 Å². The van der Waals surface area contributed by atoms with E-state index in [1.807, 2.05) is 23.9 Å². The Labute approximate surface area is 141 Å². The summed E-state index contributed by atoms with van der Waals surface area (Å²) >= 11 is 9.62. The van der Waals surface area contributed by atoms with Crippen LogP contribution < -0.4 is 5.32 Å². The molecular weight excluding hydrogens is 318 g/mol. The predicted octanol–water partition coefficient (Wildman–Crippen LogP) is 5.49. The Morgan fingerprint density at radius 3 is 2.71 bits per heavy atom. The molecule has 2 rings (SSSR count). The van der Waals surface area contributed by atoms with E-state index in [-0.39, 0.29) is 0 Å². The van der Waals surface area contributed by atoms with Gasteiger partial charge in [-0.1, -0.05) is 18.5 Å². The lowest BCUT2D eigenvalue weighted by Crippen LogP contribution is -2.32. The molecule has 2 aromatic rings. The highest BCUT2D eigenvalue weighted by Gasteiger charge is 2.09. The van der Waals surface area contributed by atoms with Crippen molar-refractivity contribution in [1.29, 1.82) is 0 Å². The van der Waals surface area contributed by atoms with Crippen molar-refractivity contribution in [3.63, 3.8) is 0 Å². The molecule has 21 heavy (non-hydrogen) atoms. The number of hydrogen-bond donors (Lipinski definition) is 1. The minimum Gasteiger partial charge on any atom is -0.313 e. The summed E-state index contributed by atoms with van der Waals surface area (Å²) in [7, 11) is 0. The summed E-state index contributed by atoms with van der Waals surface area (Å²) in [5, 5.41) is 8.89. The normalized spacial score (nSPS) is 12.5. The maximum atomic E-state index is 5.93. The van der Waals surface area contributed by atoms with E-state index in [1.54, 1.807) is 11.3 Å². The molecule has 114 valence electrons. The number of aryl methyl sites for hydroxylation is 1. The third-order valence-corrected chi connectivity index (χ3v) is 5.47. The molecule has 0 fully saturated rings. The smallest absolute Gasteiger partial charge is 0.0406 e. The van der Waals surface area contributed by atoms with Crippen molar-refractivity contribution < 1.29 is 0 Å². The number of rotatable bonds is 9. The van der Waals surface area contributed by atoms with E-state index in [1.165, 1.54) is 23.3 Å². The van der Waals surface area contributed by atoms with Gasteiger partial charge in [0.15, 0.2) is 0 Å². The van der Waals surface area contributed by atoms with Crippen LogP contribution in [0.3, 0.4) is 0 Å². The Hall–Kier alpha value is -0.480. The molecule has 0 bridgehead atoms. The fraction of sp³-hybridized carbons (Fsp3) is 0.412. The predicted molar refractivity (Wildman–Crippen MR) is 96.9 cm³/mol. The zero-order chi connectivity index (χ0) is 14.9. The first-order valence-electron chi connectivity index (χ1n) is 7.40. The number of halogens is 1. The van der Waals surface area contributed by atoms with E-state index in [4.69, 9.17) is 11.6 Å². The molecule has 0 spiro atoms. The Kier molecular flexibility index (Phi) is 7.65. The van der Waals surface area contributed by atoms with E-state index in [2.05, 4.69) is 41.2 Å². The zero-order valence-electron chi connectivity index (χ0n) is 12.3. The van der Waals surface area contributed by atoms with Crippen LogP contribution in [0.2, 0.25) is 5.02 Å². The highest BCUT2D eigenvalue weighted by molar-refractivity contribution is 7.99. The summed E-state index contributed by atoms with van der Waals surface area (Å²) in [6.07, 6.45) is 3.53. The number of benzene rings is 1. The van der Waals surface area contributed by atoms with Crippen LogP contribution in [0.25, 0.3) is 0 Å². The molecule has 1 unspecified atom stereocenters. The molecule has 1 aromatic heterocycles. The molecule has 0 aliphatic carbocycles. The monoisotopic (exact) mass is 339 g/mol. The van der Waals surface area contributed by atoms with Crippen LogP contribution in [-0.4, -0.2) is 18.3 Å². The van der Waals surface area contributed by atoms with Crippen molar-refractivity contribution in [2.75, 3.05) is 12.3 Å². The van der Waals surface area contributed by atoms with Gasteiger partial charge in [-0.05, 0) is 72.5 Å². The van der Waals surface area contributed by atoms with Gasteiger partial charge in [0.05, 0.1) is 0 Å². The van der Waals surface area contributed by atoms with Crippen LogP contribution in [0, 0.1) is 0 Å². The quantitative estimate of drug-likeness (QED) is 0.606. The average Bonchev–Trinajstić information content (AvgIpc) is 3.01. The van der Waals surface area contributed by atoms with Gasteiger partial charge in [0.25, 0.3) is 0 Å². The third kappa shape index (κ3) is 6.43. The Bertz CT molecular complexity index is 496. The molecule has 0 saturated heterocycles. The van der Waals surface area contributed by atoms with E-state index in [0.717, 1.165) is 23.7 Å². The minimum atomic E-state index is 0.561. The average molecular weight is 340 g/mol. The van der Waals surface area contributed by atoms with Gasteiger partial charge in [-0.2, -0.15) is 11.3 Å². The number of nitrogens with one attached hydrogen (secondary N) is 1. The van der Waals surface area contributed by atoms with Gasteiger partial charge in [-0.25, -0.2) is 0 Å². The lowest BCUT2D eigenvalue weighted by atomic mass is 10.1. The highest BCUT2D eigenvalue weighted by Crippen LogP contribution is 2.22. The third-order valence-electron chi connectivity index (χ3n) is 3.31. The first-order chi connectivity index (χ1) is 10.3. The molecule has 4 heteroatoms.